The first-order valence-corrected chi connectivity index (χ1v) is 7.03. The van der Waals surface area contributed by atoms with Gasteiger partial charge in [-0.1, -0.05) is 59.7 Å². The number of hydrogen-bond donors (Lipinski definition) is 2. The van der Waals surface area contributed by atoms with Crippen molar-refractivity contribution in [3.05, 3.63) is 70.8 Å². The van der Waals surface area contributed by atoms with E-state index in [1.807, 2.05) is 62.4 Å². The number of nitrogens with one attached hydrogen (secondary N) is 1. The maximum Gasteiger partial charge on any atom is 0.328 e. The number of hydrogen-bond acceptors (Lipinski definition) is 2. The van der Waals surface area contributed by atoms with Gasteiger partial charge in [0.1, 0.15) is 5.54 Å². The summed E-state index contributed by atoms with van der Waals surface area (Å²) in [5, 5.41) is 12.9. The molecule has 2 rings (SSSR count). The number of benzene rings is 2. The van der Waals surface area contributed by atoms with Crippen molar-refractivity contribution in [2.75, 3.05) is 0 Å². The van der Waals surface area contributed by atoms with Crippen LogP contribution in [0, 0.1) is 13.8 Å². The number of rotatable bonds is 5. The van der Waals surface area contributed by atoms with E-state index in [4.69, 9.17) is 0 Å². The third kappa shape index (κ3) is 3.50. The van der Waals surface area contributed by atoms with E-state index in [1.54, 1.807) is 6.92 Å². The van der Waals surface area contributed by atoms with E-state index in [2.05, 4.69) is 5.32 Å². The largest absolute Gasteiger partial charge is 0.480 e. The molecule has 0 aliphatic carbocycles. The molecule has 0 saturated carbocycles. The van der Waals surface area contributed by atoms with Gasteiger partial charge in [0.05, 0.1) is 0 Å². The predicted octanol–water partition coefficient (Wildman–Crippen LogP) is 3.39. The molecule has 3 heteroatoms. The fourth-order valence-electron chi connectivity index (χ4n) is 2.44. The van der Waals surface area contributed by atoms with E-state index in [0.717, 1.165) is 22.3 Å². The molecule has 0 fully saturated rings. The van der Waals surface area contributed by atoms with E-state index in [9.17, 15) is 9.90 Å². The number of aliphatic carboxylic acids is 1. The Morgan fingerprint density at radius 2 is 1.67 bits per heavy atom. The number of carboxylic acid groups (broad SMARTS) is 1. The summed E-state index contributed by atoms with van der Waals surface area (Å²) in [5.74, 6) is -0.872. The van der Waals surface area contributed by atoms with E-state index in [1.165, 1.54) is 0 Å². The number of carboxylic acids is 1. The Bertz CT molecular complexity index is 617. The van der Waals surface area contributed by atoms with Crippen molar-refractivity contribution in [1.82, 2.24) is 5.32 Å². The minimum atomic E-state index is -1.10. The van der Waals surface area contributed by atoms with Gasteiger partial charge in [-0.15, -0.1) is 0 Å². The van der Waals surface area contributed by atoms with Crippen LogP contribution >= 0.6 is 0 Å². The van der Waals surface area contributed by atoms with Gasteiger partial charge in [-0.3, -0.25) is 5.32 Å². The summed E-state index contributed by atoms with van der Waals surface area (Å²) in [6.07, 6.45) is 0. The highest BCUT2D eigenvalue weighted by atomic mass is 16.4. The second-order valence-electron chi connectivity index (χ2n) is 5.65. The molecular formula is C18H21NO2. The molecule has 2 aromatic carbocycles. The van der Waals surface area contributed by atoms with Crippen LogP contribution in [0.15, 0.2) is 48.5 Å². The molecule has 2 aromatic rings. The second kappa shape index (κ2) is 6.10. The van der Waals surface area contributed by atoms with Gasteiger partial charge < -0.3 is 5.11 Å². The highest BCUT2D eigenvalue weighted by Gasteiger charge is 2.34. The van der Waals surface area contributed by atoms with Gasteiger partial charge in [-0.2, -0.15) is 0 Å². The van der Waals surface area contributed by atoms with E-state index in [-0.39, 0.29) is 0 Å². The Kier molecular flexibility index (Phi) is 4.43. The molecule has 0 spiro atoms. The lowest BCUT2D eigenvalue weighted by Crippen LogP contribution is -2.46. The molecule has 0 aliphatic rings. The van der Waals surface area contributed by atoms with E-state index in [0.29, 0.717) is 6.54 Å². The Hall–Kier alpha value is -2.13. The zero-order valence-corrected chi connectivity index (χ0v) is 12.7. The van der Waals surface area contributed by atoms with E-state index >= 15 is 0 Å². The molecule has 0 radical (unpaired) electrons. The Labute approximate surface area is 125 Å². The smallest absolute Gasteiger partial charge is 0.328 e. The molecule has 0 aromatic heterocycles. The van der Waals surface area contributed by atoms with Crippen molar-refractivity contribution in [3.63, 3.8) is 0 Å². The predicted molar refractivity (Wildman–Crippen MR) is 84.2 cm³/mol. The topological polar surface area (TPSA) is 49.3 Å². The van der Waals surface area contributed by atoms with Crippen molar-refractivity contribution in [2.45, 2.75) is 32.9 Å². The zero-order chi connectivity index (χ0) is 15.5. The molecule has 2 N–H and O–H groups in total. The van der Waals surface area contributed by atoms with Crippen molar-refractivity contribution < 1.29 is 9.90 Å². The number of aryl methyl sites for hydroxylation is 2. The third-order valence-electron chi connectivity index (χ3n) is 3.72. The summed E-state index contributed by atoms with van der Waals surface area (Å²) in [6, 6.07) is 15.7. The second-order valence-corrected chi connectivity index (χ2v) is 5.65. The molecule has 1 unspecified atom stereocenters. The van der Waals surface area contributed by atoms with Gasteiger partial charge in [0.2, 0.25) is 0 Å². The molecule has 21 heavy (non-hydrogen) atoms. The van der Waals surface area contributed by atoms with Crippen LogP contribution < -0.4 is 5.32 Å². The normalized spacial score (nSPS) is 13.7. The lowest BCUT2D eigenvalue weighted by Gasteiger charge is -2.28. The molecule has 1 atom stereocenters. The Morgan fingerprint density at radius 3 is 2.19 bits per heavy atom. The molecular weight excluding hydrogens is 262 g/mol. The van der Waals surface area contributed by atoms with Gasteiger partial charge in [0.25, 0.3) is 0 Å². The molecule has 0 amide bonds. The van der Waals surface area contributed by atoms with Crippen LogP contribution in [0.4, 0.5) is 0 Å². The monoisotopic (exact) mass is 283 g/mol. The number of carbonyl (C=O) groups is 1. The molecule has 0 aliphatic heterocycles. The van der Waals surface area contributed by atoms with Crippen LogP contribution in [0.1, 0.15) is 29.2 Å². The SMILES string of the molecule is Cc1cc(C)cc(C(C)(NCc2ccccc2)C(=O)O)c1. The fourth-order valence-corrected chi connectivity index (χ4v) is 2.44. The maximum absolute atomic E-state index is 11.8. The van der Waals surface area contributed by atoms with Crippen LogP contribution in [0.25, 0.3) is 0 Å². The summed E-state index contributed by atoms with van der Waals surface area (Å²) in [4.78, 5) is 11.8. The van der Waals surface area contributed by atoms with Crippen molar-refractivity contribution in [1.29, 1.82) is 0 Å². The van der Waals surface area contributed by atoms with Gasteiger partial charge in [-0.25, -0.2) is 4.79 Å². The molecule has 0 saturated heterocycles. The third-order valence-corrected chi connectivity index (χ3v) is 3.72. The van der Waals surface area contributed by atoms with Crippen LogP contribution in [0.3, 0.4) is 0 Å². The first kappa shape index (κ1) is 15.3. The van der Waals surface area contributed by atoms with Gasteiger partial charge in [-0.05, 0) is 31.9 Å². The molecule has 0 bridgehead atoms. The van der Waals surface area contributed by atoms with Gasteiger partial charge >= 0.3 is 5.97 Å². The standard InChI is InChI=1S/C18H21NO2/c1-13-9-14(2)11-16(10-13)18(3,17(20)21)19-12-15-7-5-4-6-8-15/h4-11,19H,12H2,1-3H3,(H,20,21). The van der Waals surface area contributed by atoms with Crippen molar-refractivity contribution in [3.8, 4) is 0 Å². The maximum atomic E-state index is 11.8. The fraction of sp³-hybridized carbons (Fsp3) is 0.278. The summed E-state index contributed by atoms with van der Waals surface area (Å²) in [5.41, 5.74) is 2.88. The average Bonchev–Trinajstić information content (AvgIpc) is 2.44. The molecule has 3 nitrogen and oxygen atoms in total. The van der Waals surface area contributed by atoms with Crippen molar-refractivity contribution >= 4 is 5.97 Å². The summed E-state index contributed by atoms with van der Waals surface area (Å²) in [6.45, 7) is 6.19. The van der Waals surface area contributed by atoms with Crippen LogP contribution in [0.2, 0.25) is 0 Å². The van der Waals surface area contributed by atoms with Crippen LogP contribution in [-0.2, 0) is 16.9 Å². The lowest BCUT2D eigenvalue weighted by molar-refractivity contribution is -0.144. The lowest BCUT2D eigenvalue weighted by atomic mass is 9.89. The first-order valence-electron chi connectivity index (χ1n) is 7.03. The summed E-state index contributed by atoms with van der Waals surface area (Å²) in [7, 11) is 0. The Balaban J connectivity index is 2.30. The molecule has 0 heterocycles. The average molecular weight is 283 g/mol. The quantitative estimate of drug-likeness (QED) is 0.884. The van der Waals surface area contributed by atoms with Gasteiger partial charge in [0, 0.05) is 6.54 Å². The molecule has 110 valence electrons. The Morgan fingerprint density at radius 1 is 1.10 bits per heavy atom. The zero-order valence-electron chi connectivity index (χ0n) is 12.7. The van der Waals surface area contributed by atoms with Crippen LogP contribution in [-0.4, -0.2) is 11.1 Å². The minimum absolute atomic E-state index is 0.511. The summed E-state index contributed by atoms with van der Waals surface area (Å²) >= 11 is 0. The highest BCUT2D eigenvalue weighted by Crippen LogP contribution is 2.24. The van der Waals surface area contributed by atoms with Crippen molar-refractivity contribution in [2.24, 2.45) is 0 Å². The van der Waals surface area contributed by atoms with Gasteiger partial charge in [0.15, 0.2) is 0 Å². The highest BCUT2D eigenvalue weighted by molar-refractivity contribution is 5.80. The van der Waals surface area contributed by atoms with E-state index < -0.39 is 11.5 Å². The summed E-state index contributed by atoms with van der Waals surface area (Å²) < 4.78 is 0. The first-order chi connectivity index (χ1) is 9.91. The van der Waals surface area contributed by atoms with Crippen LogP contribution in [0.5, 0.6) is 0 Å². The minimum Gasteiger partial charge on any atom is -0.480 e.